The average Bonchev–Trinajstić information content (AvgIpc) is 2.47. The maximum absolute atomic E-state index is 11.1. The lowest BCUT2D eigenvalue weighted by molar-refractivity contribution is -0.122. The summed E-state index contributed by atoms with van der Waals surface area (Å²) >= 11 is 1.57. The van der Waals surface area contributed by atoms with E-state index in [9.17, 15) is 4.79 Å². The van der Waals surface area contributed by atoms with Crippen molar-refractivity contribution in [2.75, 3.05) is 0 Å². The summed E-state index contributed by atoms with van der Waals surface area (Å²) in [4.78, 5) is 15.3. The van der Waals surface area contributed by atoms with E-state index in [0.717, 1.165) is 10.7 Å². The first-order chi connectivity index (χ1) is 6.09. The van der Waals surface area contributed by atoms with E-state index in [4.69, 9.17) is 5.73 Å². The molecule has 1 aromatic heterocycles. The van der Waals surface area contributed by atoms with Gasteiger partial charge in [0.1, 0.15) is 0 Å². The molecule has 0 bridgehead atoms. The molecule has 0 aliphatic rings. The lowest BCUT2D eigenvalue weighted by Crippen LogP contribution is -2.37. The van der Waals surface area contributed by atoms with Crippen LogP contribution < -0.4 is 11.1 Å². The maximum Gasteiger partial charge on any atom is 0.236 e. The van der Waals surface area contributed by atoms with Gasteiger partial charge in [0.25, 0.3) is 0 Å². The van der Waals surface area contributed by atoms with Gasteiger partial charge in [-0.2, -0.15) is 0 Å². The molecule has 1 rings (SSSR count). The summed E-state index contributed by atoms with van der Waals surface area (Å²) < 4.78 is 0. The number of hydrogen-bond acceptors (Lipinski definition) is 4. The third kappa shape index (κ3) is 3.12. The van der Waals surface area contributed by atoms with Crippen LogP contribution in [-0.2, 0) is 11.3 Å². The van der Waals surface area contributed by atoms with Crippen LogP contribution in [0.1, 0.15) is 17.6 Å². The van der Waals surface area contributed by atoms with E-state index in [1.807, 2.05) is 12.3 Å². The molecule has 1 heterocycles. The van der Waals surface area contributed by atoms with E-state index in [2.05, 4.69) is 10.3 Å². The zero-order chi connectivity index (χ0) is 9.84. The molecule has 4 nitrogen and oxygen atoms in total. The number of rotatable bonds is 3. The molecule has 0 saturated heterocycles. The smallest absolute Gasteiger partial charge is 0.236 e. The Bertz CT molecular complexity index is 295. The number of carbonyl (C=O) groups is 1. The summed E-state index contributed by atoms with van der Waals surface area (Å²) in [7, 11) is 0. The lowest BCUT2D eigenvalue weighted by Gasteiger charge is -2.05. The minimum Gasteiger partial charge on any atom is -0.349 e. The van der Waals surface area contributed by atoms with E-state index >= 15 is 0 Å². The van der Waals surface area contributed by atoms with Gasteiger partial charge in [-0.05, 0) is 13.8 Å². The summed E-state index contributed by atoms with van der Waals surface area (Å²) in [6.45, 7) is 4.05. The highest BCUT2D eigenvalue weighted by Crippen LogP contribution is 2.06. The molecular weight excluding hydrogens is 186 g/mol. The van der Waals surface area contributed by atoms with Crippen LogP contribution in [0, 0.1) is 6.92 Å². The van der Waals surface area contributed by atoms with Gasteiger partial charge in [-0.3, -0.25) is 4.79 Å². The lowest BCUT2D eigenvalue weighted by atomic mass is 10.3. The summed E-state index contributed by atoms with van der Waals surface area (Å²) in [5.74, 6) is -0.148. The first kappa shape index (κ1) is 10.1. The summed E-state index contributed by atoms with van der Waals surface area (Å²) in [5, 5.41) is 5.62. The standard InChI is InChI=1S/C8H13N3OS/c1-5(9)8(12)10-3-7-4-13-6(2)11-7/h4-5H,3,9H2,1-2H3,(H,10,12)/t5-/m0/s1. The number of carbonyl (C=O) groups excluding carboxylic acids is 1. The largest absolute Gasteiger partial charge is 0.349 e. The topological polar surface area (TPSA) is 68.0 Å². The van der Waals surface area contributed by atoms with Crippen LogP contribution >= 0.6 is 11.3 Å². The van der Waals surface area contributed by atoms with E-state index in [0.29, 0.717) is 6.54 Å². The Kier molecular flexibility index (Phi) is 3.39. The van der Waals surface area contributed by atoms with Crippen LogP contribution in [0.3, 0.4) is 0 Å². The van der Waals surface area contributed by atoms with Crippen molar-refractivity contribution in [3.05, 3.63) is 16.1 Å². The third-order valence-corrected chi connectivity index (χ3v) is 2.35. The summed E-state index contributed by atoms with van der Waals surface area (Å²) in [6.07, 6.45) is 0. The van der Waals surface area contributed by atoms with Crippen LogP contribution in [0.25, 0.3) is 0 Å². The fourth-order valence-corrected chi connectivity index (χ4v) is 1.44. The number of nitrogens with one attached hydrogen (secondary N) is 1. The SMILES string of the molecule is Cc1nc(CNC(=O)[C@H](C)N)cs1. The quantitative estimate of drug-likeness (QED) is 0.741. The minimum absolute atomic E-state index is 0.148. The summed E-state index contributed by atoms with van der Waals surface area (Å²) in [6, 6.07) is -0.459. The number of hydrogen-bond donors (Lipinski definition) is 2. The number of aryl methyl sites for hydroxylation is 1. The van der Waals surface area contributed by atoms with Gasteiger partial charge in [-0.1, -0.05) is 0 Å². The van der Waals surface area contributed by atoms with Gasteiger partial charge in [-0.25, -0.2) is 4.98 Å². The van der Waals surface area contributed by atoms with Crippen LogP contribution in [0.2, 0.25) is 0 Å². The van der Waals surface area contributed by atoms with Gasteiger partial charge in [0.15, 0.2) is 0 Å². The van der Waals surface area contributed by atoms with Crippen molar-refractivity contribution in [2.45, 2.75) is 26.4 Å². The molecule has 1 atom stereocenters. The third-order valence-electron chi connectivity index (χ3n) is 1.52. The molecule has 3 N–H and O–H groups in total. The molecule has 0 unspecified atom stereocenters. The molecule has 1 aromatic rings. The number of aromatic nitrogens is 1. The molecule has 0 radical (unpaired) electrons. The number of nitrogens with zero attached hydrogens (tertiary/aromatic N) is 1. The van der Waals surface area contributed by atoms with E-state index in [1.54, 1.807) is 18.3 Å². The highest BCUT2D eigenvalue weighted by atomic mass is 32.1. The zero-order valence-corrected chi connectivity index (χ0v) is 8.52. The zero-order valence-electron chi connectivity index (χ0n) is 7.70. The number of nitrogens with two attached hydrogens (primary N) is 1. The van der Waals surface area contributed by atoms with E-state index in [1.165, 1.54) is 0 Å². The van der Waals surface area contributed by atoms with Crippen molar-refractivity contribution < 1.29 is 4.79 Å². The van der Waals surface area contributed by atoms with E-state index < -0.39 is 6.04 Å². The van der Waals surface area contributed by atoms with Crippen LogP contribution in [-0.4, -0.2) is 16.9 Å². The van der Waals surface area contributed by atoms with Crippen LogP contribution in [0.15, 0.2) is 5.38 Å². The summed E-state index contributed by atoms with van der Waals surface area (Å²) in [5.41, 5.74) is 6.26. The second kappa shape index (κ2) is 4.34. The molecule has 0 aliphatic heterocycles. The molecule has 72 valence electrons. The molecule has 13 heavy (non-hydrogen) atoms. The highest BCUT2D eigenvalue weighted by Gasteiger charge is 2.06. The van der Waals surface area contributed by atoms with Gasteiger partial charge in [-0.15, -0.1) is 11.3 Å². The van der Waals surface area contributed by atoms with Crippen molar-refractivity contribution in [2.24, 2.45) is 5.73 Å². The van der Waals surface area contributed by atoms with Crippen molar-refractivity contribution in [3.8, 4) is 0 Å². The van der Waals surface area contributed by atoms with Crippen molar-refractivity contribution in [1.82, 2.24) is 10.3 Å². The second-order valence-corrected chi connectivity index (χ2v) is 3.93. The fraction of sp³-hybridized carbons (Fsp3) is 0.500. The Morgan fingerprint density at radius 3 is 3.00 bits per heavy atom. The first-order valence-electron chi connectivity index (χ1n) is 4.04. The Morgan fingerprint density at radius 1 is 1.85 bits per heavy atom. The molecule has 0 spiro atoms. The second-order valence-electron chi connectivity index (χ2n) is 2.86. The van der Waals surface area contributed by atoms with Crippen molar-refractivity contribution in [3.63, 3.8) is 0 Å². The van der Waals surface area contributed by atoms with Crippen LogP contribution in [0.4, 0.5) is 0 Å². The predicted molar refractivity (Wildman–Crippen MR) is 52.3 cm³/mol. The number of thiazole rings is 1. The van der Waals surface area contributed by atoms with E-state index in [-0.39, 0.29) is 5.91 Å². The van der Waals surface area contributed by atoms with Gasteiger partial charge in [0.05, 0.1) is 23.3 Å². The van der Waals surface area contributed by atoms with Gasteiger partial charge < -0.3 is 11.1 Å². The first-order valence-corrected chi connectivity index (χ1v) is 4.92. The van der Waals surface area contributed by atoms with Crippen molar-refractivity contribution >= 4 is 17.2 Å². The Hall–Kier alpha value is -0.940. The Morgan fingerprint density at radius 2 is 2.54 bits per heavy atom. The Labute approximate surface area is 81.2 Å². The molecular formula is C8H13N3OS. The molecule has 0 fully saturated rings. The normalized spacial score (nSPS) is 12.5. The van der Waals surface area contributed by atoms with Gasteiger partial charge >= 0.3 is 0 Å². The Balaban J connectivity index is 2.39. The van der Waals surface area contributed by atoms with Crippen LogP contribution in [0.5, 0.6) is 0 Å². The molecule has 0 aromatic carbocycles. The molecule has 0 saturated carbocycles. The molecule has 1 amide bonds. The fourth-order valence-electron chi connectivity index (χ4n) is 0.828. The highest BCUT2D eigenvalue weighted by molar-refractivity contribution is 7.09. The minimum atomic E-state index is -0.459. The number of amides is 1. The average molecular weight is 199 g/mol. The van der Waals surface area contributed by atoms with Crippen molar-refractivity contribution in [1.29, 1.82) is 0 Å². The maximum atomic E-state index is 11.1. The van der Waals surface area contributed by atoms with Gasteiger partial charge in [0, 0.05) is 5.38 Å². The molecule has 0 aliphatic carbocycles. The molecule has 5 heteroatoms. The monoisotopic (exact) mass is 199 g/mol. The van der Waals surface area contributed by atoms with Gasteiger partial charge in [0.2, 0.25) is 5.91 Å². The predicted octanol–water partition coefficient (Wildman–Crippen LogP) is 0.415.